The lowest BCUT2D eigenvalue weighted by atomic mass is 10.0. The van der Waals surface area contributed by atoms with Crippen LogP contribution in [0, 0.1) is 6.92 Å². The van der Waals surface area contributed by atoms with Gasteiger partial charge in [0.05, 0.1) is 29.1 Å². The first-order valence-corrected chi connectivity index (χ1v) is 9.24. The average molecular weight is 384 g/mol. The van der Waals surface area contributed by atoms with E-state index in [1.54, 1.807) is 19.4 Å². The van der Waals surface area contributed by atoms with Gasteiger partial charge in [-0.05, 0) is 42.3 Å². The fourth-order valence-electron chi connectivity index (χ4n) is 3.32. The molecule has 0 saturated carbocycles. The maximum Gasteiger partial charge on any atom is 0.336 e. The Labute approximate surface area is 168 Å². The third-order valence-electron chi connectivity index (χ3n) is 4.82. The molecule has 5 heteroatoms. The molecular weight excluding hydrogens is 364 g/mol. The molecule has 0 aliphatic rings. The van der Waals surface area contributed by atoms with Crippen molar-refractivity contribution in [1.82, 2.24) is 9.97 Å². The van der Waals surface area contributed by atoms with Crippen molar-refractivity contribution >= 4 is 16.9 Å². The molecule has 29 heavy (non-hydrogen) atoms. The highest BCUT2D eigenvalue weighted by atomic mass is 16.5. The molecule has 0 aliphatic carbocycles. The number of methoxy groups -OCH3 is 1. The summed E-state index contributed by atoms with van der Waals surface area (Å²) >= 11 is 0. The van der Waals surface area contributed by atoms with E-state index in [1.165, 1.54) is 0 Å². The molecule has 0 radical (unpaired) electrons. The Morgan fingerprint density at radius 3 is 2.38 bits per heavy atom. The number of nitrogens with zero attached hydrogens (tertiary/aromatic N) is 2. The lowest BCUT2D eigenvalue weighted by Gasteiger charge is -2.08. The third kappa shape index (κ3) is 3.86. The summed E-state index contributed by atoms with van der Waals surface area (Å²) in [5.74, 6) is -0.975. The number of carboxylic acids is 1. The van der Waals surface area contributed by atoms with Crippen LogP contribution in [0.2, 0.25) is 0 Å². The molecule has 0 spiro atoms. The van der Waals surface area contributed by atoms with Crippen LogP contribution in [0.3, 0.4) is 0 Å². The highest BCUT2D eigenvalue weighted by Gasteiger charge is 2.14. The number of pyridine rings is 2. The minimum atomic E-state index is -0.975. The summed E-state index contributed by atoms with van der Waals surface area (Å²) in [6.45, 7) is 2.51. The molecule has 0 amide bonds. The molecular formula is C24H20N2O3. The number of carbonyl (C=O) groups is 1. The van der Waals surface area contributed by atoms with Crippen LogP contribution in [0.1, 0.15) is 21.5 Å². The van der Waals surface area contributed by atoms with Gasteiger partial charge in [0.15, 0.2) is 0 Å². The summed E-state index contributed by atoms with van der Waals surface area (Å²) in [6, 6.07) is 19.2. The van der Waals surface area contributed by atoms with Crippen LogP contribution in [-0.4, -0.2) is 28.2 Å². The first kappa shape index (κ1) is 18.8. The molecule has 4 rings (SSSR count). The number of rotatable bonds is 5. The van der Waals surface area contributed by atoms with Crippen LogP contribution in [0.4, 0.5) is 0 Å². The highest BCUT2D eigenvalue weighted by Crippen LogP contribution is 2.26. The number of hydrogen-bond donors (Lipinski definition) is 1. The highest BCUT2D eigenvalue weighted by molar-refractivity contribution is 6.03. The van der Waals surface area contributed by atoms with Gasteiger partial charge in [-0.2, -0.15) is 0 Å². The summed E-state index contributed by atoms with van der Waals surface area (Å²) < 4.78 is 5.14. The van der Waals surface area contributed by atoms with E-state index in [-0.39, 0.29) is 5.56 Å². The van der Waals surface area contributed by atoms with Crippen molar-refractivity contribution in [3.8, 4) is 22.5 Å². The zero-order valence-corrected chi connectivity index (χ0v) is 16.2. The standard InChI is InChI=1S/C24H20N2O3/c1-15-3-9-21-19(11-15)20(24(27)28)12-23(26-21)22-10-8-18(13-25-22)17-6-4-16(5-7-17)14-29-2/h3-13H,14H2,1-2H3,(H,27,28). The second-order valence-electron chi connectivity index (χ2n) is 6.94. The summed E-state index contributed by atoms with van der Waals surface area (Å²) in [7, 11) is 1.67. The third-order valence-corrected chi connectivity index (χ3v) is 4.82. The summed E-state index contributed by atoms with van der Waals surface area (Å²) in [5.41, 5.74) is 6.18. The minimum Gasteiger partial charge on any atom is -0.478 e. The van der Waals surface area contributed by atoms with E-state index in [2.05, 4.69) is 9.97 Å². The molecule has 0 atom stereocenters. The zero-order chi connectivity index (χ0) is 20.4. The molecule has 144 valence electrons. The fourth-order valence-corrected chi connectivity index (χ4v) is 3.32. The molecule has 0 fully saturated rings. The molecule has 2 heterocycles. The van der Waals surface area contributed by atoms with Gasteiger partial charge in [-0.25, -0.2) is 9.78 Å². The van der Waals surface area contributed by atoms with Crippen LogP contribution in [0.5, 0.6) is 0 Å². The Kier molecular flexibility index (Phi) is 5.06. The molecule has 0 bridgehead atoms. The number of ether oxygens (including phenoxy) is 1. The van der Waals surface area contributed by atoms with Gasteiger partial charge in [0.2, 0.25) is 0 Å². The Balaban J connectivity index is 1.71. The molecule has 4 aromatic rings. The van der Waals surface area contributed by atoms with Crippen molar-refractivity contribution in [3.05, 3.63) is 83.6 Å². The Hall–Kier alpha value is -3.57. The summed E-state index contributed by atoms with van der Waals surface area (Å²) in [5, 5.41) is 10.3. The quantitative estimate of drug-likeness (QED) is 0.517. The van der Waals surface area contributed by atoms with Crippen molar-refractivity contribution in [1.29, 1.82) is 0 Å². The fraction of sp³-hybridized carbons (Fsp3) is 0.125. The van der Waals surface area contributed by atoms with E-state index >= 15 is 0 Å². The topological polar surface area (TPSA) is 72.3 Å². The van der Waals surface area contributed by atoms with Crippen LogP contribution in [0.25, 0.3) is 33.4 Å². The monoisotopic (exact) mass is 384 g/mol. The second-order valence-corrected chi connectivity index (χ2v) is 6.94. The molecule has 0 unspecified atom stereocenters. The Bertz CT molecular complexity index is 1180. The number of aromatic nitrogens is 2. The van der Waals surface area contributed by atoms with Gasteiger partial charge >= 0.3 is 5.97 Å². The number of aryl methyl sites for hydroxylation is 1. The zero-order valence-electron chi connectivity index (χ0n) is 16.2. The van der Waals surface area contributed by atoms with Gasteiger partial charge in [0, 0.05) is 24.3 Å². The van der Waals surface area contributed by atoms with Crippen LogP contribution < -0.4 is 0 Å². The maximum absolute atomic E-state index is 11.8. The molecule has 0 saturated heterocycles. The van der Waals surface area contributed by atoms with E-state index in [0.717, 1.165) is 22.3 Å². The normalized spacial score (nSPS) is 11.0. The van der Waals surface area contributed by atoms with E-state index in [0.29, 0.717) is 28.9 Å². The van der Waals surface area contributed by atoms with Gasteiger partial charge in [0.1, 0.15) is 0 Å². The predicted molar refractivity (Wildman–Crippen MR) is 113 cm³/mol. The van der Waals surface area contributed by atoms with Gasteiger partial charge in [-0.15, -0.1) is 0 Å². The number of hydrogen-bond acceptors (Lipinski definition) is 4. The van der Waals surface area contributed by atoms with Gasteiger partial charge in [0.25, 0.3) is 0 Å². The van der Waals surface area contributed by atoms with E-state index in [9.17, 15) is 9.90 Å². The Morgan fingerprint density at radius 2 is 1.72 bits per heavy atom. The maximum atomic E-state index is 11.8. The van der Waals surface area contributed by atoms with Crippen molar-refractivity contribution < 1.29 is 14.6 Å². The van der Waals surface area contributed by atoms with Crippen LogP contribution >= 0.6 is 0 Å². The van der Waals surface area contributed by atoms with Gasteiger partial charge in [-0.1, -0.05) is 42.0 Å². The van der Waals surface area contributed by atoms with Crippen LogP contribution in [0.15, 0.2) is 66.9 Å². The summed E-state index contributed by atoms with van der Waals surface area (Å²) in [6.07, 6.45) is 1.78. The van der Waals surface area contributed by atoms with Gasteiger partial charge in [-0.3, -0.25) is 4.98 Å². The first-order valence-electron chi connectivity index (χ1n) is 9.24. The average Bonchev–Trinajstić information content (AvgIpc) is 2.74. The molecule has 2 aromatic heterocycles. The lowest BCUT2D eigenvalue weighted by Crippen LogP contribution is -2.01. The Morgan fingerprint density at radius 1 is 0.966 bits per heavy atom. The lowest BCUT2D eigenvalue weighted by molar-refractivity contribution is 0.0699. The number of aromatic carboxylic acids is 1. The smallest absolute Gasteiger partial charge is 0.336 e. The predicted octanol–water partition coefficient (Wildman–Crippen LogP) is 5.12. The van der Waals surface area contributed by atoms with Crippen molar-refractivity contribution in [3.63, 3.8) is 0 Å². The van der Waals surface area contributed by atoms with Crippen molar-refractivity contribution in [2.75, 3.05) is 7.11 Å². The minimum absolute atomic E-state index is 0.230. The molecule has 5 nitrogen and oxygen atoms in total. The number of benzene rings is 2. The summed E-state index contributed by atoms with van der Waals surface area (Å²) in [4.78, 5) is 20.9. The SMILES string of the molecule is COCc1ccc(-c2ccc(-c3cc(C(=O)O)c4cc(C)ccc4n3)nc2)cc1. The number of fused-ring (bicyclic) bond motifs is 1. The van der Waals surface area contributed by atoms with Gasteiger partial charge < -0.3 is 9.84 Å². The van der Waals surface area contributed by atoms with E-state index < -0.39 is 5.97 Å². The largest absolute Gasteiger partial charge is 0.478 e. The van der Waals surface area contributed by atoms with Crippen molar-refractivity contribution in [2.45, 2.75) is 13.5 Å². The first-order chi connectivity index (χ1) is 14.0. The van der Waals surface area contributed by atoms with Crippen LogP contribution in [-0.2, 0) is 11.3 Å². The second kappa shape index (κ2) is 7.81. The number of carboxylic acid groups (broad SMARTS) is 1. The van der Waals surface area contributed by atoms with Crippen molar-refractivity contribution in [2.24, 2.45) is 0 Å². The van der Waals surface area contributed by atoms with E-state index in [4.69, 9.17) is 4.74 Å². The van der Waals surface area contributed by atoms with E-state index in [1.807, 2.05) is 61.5 Å². The molecule has 1 N–H and O–H groups in total. The molecule has 0 aliphatic heterocycles. The molecule has 2 aromatic carbocycles.